The van der Waals surface area contributed by atoms with Gasteiger partial charge in [-0.2, -0.15) is 10.2 Å². The molecule has 114 valence electrons. The Morgan fingerprint density at radius 3 is 3.10 bits per heavy atom. The molecule has 1 aliphatic heterocycles. The van der Waals surface area contributed by atoms with Crippen LogP contribution in [0.4, 0.5) is 0 Å². The first-order chi connectivity index (χ1) is 9.98. The van der Waals surface area contributed by atoms with Crippen molar-refractivity contribution in [1.82, 2.24) is 15.5 Å². The van der Waals surface area contributed by atoms with E-state index >= 15 is 0 Å². The van der Waals surface area contributed by atoms with Crippen molar-refractivity contribution in [3.8, 4) is 0 Å². The predicted octanol–water partition coefficient (Wildman–Crippen LogP) is 0.625. The van der Waals surface area contributed by atoms with Crippen molar-refractivity contribution in [1.29, 1.82) is 0 Å². The van der Waals surface area contributed by atoms with E-state index < -0.39 is 5.54 Å². The van der Waals surface area contributed by atoms with Crippen LogP contribution in [-0.2, 0) is 16.1 Å². The molecule has 3 atom stereocenters. The monoisotopic (exact) mass is 290 g/mol. The maximum atomic E-state index is 12.7. The molecule has 1 aliphatic carbocycles. The Bertz CT molecular complexity index is 534. The zero-order valence-corrected chi connectivity index (χ0v) is 12.5. The number of aromatic nitrogens is 2. The lowest BCUT2D eigenvalue weighted by atomic mass is 9.46. The van der Waals surface area contributed by atoms with Gasteiger partial charge in [0.05, 0.1) is 18.3 Å². The molecule has 0 aromatic carbocycles. The molecule has 21 heavy (non-hydrogen) atoms. The van der Waals surface area contributed by atoms with Crippen molar-refractivity contribution in [2.45, 2.75) is 44.9 Å². The molecule has 2 heterocycles. The summed E-state index contributed by atoms with van der Waals surface area (Å²) in [6, 6.07) is 3.62. The molecule has 3 unspecified atom stereocenters. The minimum atomic E-state index is -0.875. The van der Waals surface area contributed by atoms with Crippen LogP contribution in [0.3, 0.4) is 0 Å². The van der Waals surface area contributed by atoms with Crippen molar-refractivity contribution in [2.75, 3.05) is 6.61 Å². The summed E-state index contributed by atoms with van der Waals surface area (Å²) in [6.07, 6.45) is 3.60. The van der Waals surface area contributed by atoms with Gasteiger partial charge >= 0.3 is 0 Å². The highest BCUT2D eigenvalue weighted by atomic mass is 16.5. The Morgan fingerprint density at radius 1 is 1.57 bits per heavy atom. The SMILES string of the molecule is CC1(C)C2OCCCC2C1(N)C(=O)NCc1cccnn1. The number of nitrogens with one attached hydrogen (secondary N) is 1. The molecule has 1 saturated carbocycles. The molecule has 1 amide bonds. The van der Waals surface area contributed by atoms with E-state index in [4.69, 9.17) is 10.5 Å². The molecule has 1 aromatic heterocycles. The zero-order valence-electron chi connectivity index (χ0n) is 12.5. The van der Waals surface area contributed by atoms with Gasteiger partial charge in [0, 0.05) is 24.1 Å². The van der Waals surface area contributed by atoms with Crippen LogP contribution in [0, 0.1) is 11.3 Å². The fourth-order valence-electron chi connectivity index (χ4n) is 3.78. The number of amides is 1. The molecule has 0 bridgehead atoms. The number of carbonyl (C=O) groups excluding carboxylic acids is 1. The molecule has 3 rings (SSSR count). The number of carbonyl (C=O) groups is 1. The van der Waals surface area contributed by atoms with E-state index in [1.165, 1.54) is 0 Å². The summed E-state index contributed by atoms with van der Waals surface area (Å²) in [4.78, 5) is 12.7. The maximum absolute atomic E-state index is 12.7. The van der Waals surface area contributed by atoms with Crippen molar-refractivity contribution in [2.24, 2.45) is 17.1 Å². The Morgan fingerprint density at radius 2 is 2.38 bits per heavy atom. The van der Waals surface area contributed by atoms with E-state index in [9.17, 15) is 4.79 Å². The number of rotatable bonds is 3. The largest absolute Gasteiger partial charge is 0.377 e. The van der Waals surface area contributed by atoms with Gasteiger partial charge in [0.25, 0.3) is 0 Å². The summed E-state index contributed by atoms with van der Waals surface area (Å²) >= 11 is 0. The number of nitrogens with two attached hydrogens (primary N) is 1. The molecular weight excluding hydrogens is 268 g/mol. The number of nitrogens with zero attached hydrogens (tertiary/aromatic N) is 2. The smallest absolute Gasteiger partial charge is 0.241 e. The first kappa shape index (κ1) is 14.4. The van der Waals surface area contributed by atoms with Gasteiger partial charge < -0.3 is 15.8 Å². The summed E-state index contributed by atoms with van der Waals surface area (Å²) in [6.45, 7) is 5.14. The highest BCUT2D eigenvalue weighted by Gasteiger charge is 2.70. The Hall–Kier alpha value is -1.53. The van der Waals surface area contributed by atoms with Crippen molar-refractivity contribution in [3.05, 3.63) is 24.0 Å². The summed E-state index contributed by atoms with van der Waals surface area (Å²) in [7, 11) is 0. The fourth-order valence-corrected chi connectivity index (χ4v) is 3.78. The van der Waals surface area contributed by atoms with Gasteiger partial charge in [-0.3, -0.25) is 4.79 Å². The fraction of sp³-hybridized carbons (Fsp3) is 0.667. The third-order valence-corrected chi connectivity index (χ3v) is 5.12. The van der Waals surface area contributed by atoms with E-state index in [1.54, 1.807) is 12.3 Å². The molecule has 3 N–H and O–H groups in total. The number of ether oxygens (including phenoxy) is 1. The van der Waals surface area contributed by atoms with Gasteiger partial charge in [0.1, 0.15) is 5.54 Å². The highest BCUT2D eigenvalue weighted by molar-refractivity contribution is 5.89. The van der Waals surface area contributed by atoms with Crippen molar-refractivity contribution < 1.29 is 9.53 Å². The molecule has 6 heteroatoms. The third kappa shape index (κ3) is 2.05. The average Bonchev–Trinajstić information content (AvgIpc) is 2.52. The lowest BCUT2D eigenvalue weighted by Crippen LogP contribution is -2.82. The van der Waals surface area contributed by atoms with E-state index in [0.717, 1.165) is 25.1 Å². The Balaban J connectivity index is 1.71. The summed E-state index contributed by atoms with van der Waals surface area (Å²) in [5.41, 5.74) is 6.01. The molecule has 2 fully saturated rings. The molecule has 2 aliphatic rings. The van der Waals surface area contributed by atoms with Crippen LogP contribution in [0.1, 0.15) is 32.4 Å². The minimum Gasteiger partial charge on any atom is -0.377 e. The van der Waals surface area contributed by atoms with Gasteiger partial charge in [-0.1, -0.05) is 13.8 Å². The van der Waals surface area contributed by atoms with Gasteiger partial charge in [-0.05, 0) is 25.0 Å². The van der Waals surface area contributed by atoms with Gasteiger partial charge in [-0.15, -0.1) is 0 Å². The lowest BCUT2D eigenvalue weighted by molar-refractivity contribution is -0.225. The number of hydrogen-bond donors (Lipinski definition) is 2. The van der Waals surface area contributed by atoms with Crippen molar-refractivity contribution in [3.63, 3.8) is 0 Å². The van der Waals surface area contributed by atoms with E-state index in [-0.39, 0.29) is 23.3 Å². The molecule has 0 spiro atoms. The lowest BCUT2D eigenvalue weighted by Gasteiger charge is -2.65. The van der Waals surface area contributed by atoms with Gasteiger partial charge in [0.15, 0.2) is 0 Å². The molecule has 1 aromatic rings. The topological polar surface area (TPSA) is 90.1 Å². The van der Waals surface area contributed by atoms with Crippen LogP contribution in [0.2, 0.25) is 0 Å². The first-order valence-electron chi connectivity index (χ1n) is 7.43. The van der Waals surface area contributed by atoms with E-state index in [1.807, 2.05) is 19.9 Å². The molecular formula is C15H22N4O2. The number of fused-ring (bicyclic) bond motifs is 1. The Labute approximate surface area is 124 Å². The quantitative estimate of drug-likeness (QED) is 0.852. The van der Waals surface area contributed by atoms with Crippen molar-refractivity contribution >= 4 is 5.91 Å². The van der Waals surface area contributed by atoms with E-state index in [2.05, 4.69) is 15.5 Å². The zero-order chi connectivity index (χ0) is 15.1. The second kappa shape index (κ2) is 5.03. The molecule has 1 saturated heterocycles. The first-order valence-corrected chi connectivity index (χ1v) is 7.43. The Kier molecular flexibility index (Phi) is 3.45. The van der Waals surface area contributed by atoms with Crippen LogP contribution < -0.4 is 11.1 Å². The second-order valence-electron chi connectivity index (χ2n) is 6.53. The van der Waals surface area contributed by atoms with Crippen LogP contribution in [0.25, 0.3) is 0 Å². The third-order valence-electron chi connectivity index (χ3n) is 5.12. The molecule has 0 radical (unpaired) electrons. The average molecular weight is 290 g/mol. The normalized spacial score (nSPS) is 33.7. The van der Waals surface area contributed by atoms with Crippen LogP contribution >= 0.6 is 0 Å². The van der Waals surface area contributed by atoms with Crippen LogP contribution in [-0.4, -0.2) is 34.4 Å². The van der Waals surface area contributed by atoms with Crippen LogP contribution in [0.5, 0.6) is 0 Å². The maximum Gasteiger partial charge on any atom is 0.241 e. The highest BCUT2D eigenvalue weighted by Crippen LogP contribution is 2.57. The van der Waals surface area contributed by atoms with Crippen LogP contribution in [0.15, 0.2) is 18.3 Å². The predicted molar refractivity (Wildman–Crippen MR) is 77.0 cm³/mol. The standard InChI is InChI=1S/C15H22N4O2/c1-14(2)12-11(6-4-8-21-12)15(14,16)13(20)17-9-10-5-3-7-18-19-10/h3,5,7,11-12H,4,6,8-9,16H2,1-2H3,(H,17,20). The summed E-state index contributed by atoms with van der Waals surface area (Å²) in [5.74, 6) is -0.0204. The van der Waals surface area contributed by atoms with E-state index in [0.29, 0.717) is 6.54 Å². The summed E-state index contributed by atoms with van der Waals surface area (Å²) in [5, 5.41) is 10.7. The minimum absolute atomic E-state index is 0.0820. The number of hydrogen-bond acceptors (Lipinski definition) is 5. The second-order valence-corrected chi connectivity index (χ2v) is 6.53. The van der Waals surface area contributed by atoms with Gasteiger partial charge in [-0.25, -0.2) is 0 Å². The van der Waals surface area contributed by atoms with Gasteiger partial charge in [0.2, 0.25) is 5.91 Å². The molecule has 6 nitrogen and oxygen atoms in total. The summed E-state index contributed by atoms with van der Waals surface area (Å²) < 4.78 is 5.82.